The molecule has 3 aromatic rings. The van der Waals surface area contributed by atoms with Crippen molar-refractivity contribution < 1.29 is 23.6 Å². The Bertz CT molecular complexity index is 1060. The van der Waals surface area contributed by atoms with E-state index in [0.29, 0.717) is 22.1 Å². The monoisotopic (exact) mass is 427 g/mol. The number of rotatable bonds is 8. The van der Waals surface area contributed by atoms with Gasteiger partial charge in [-0.25, -0.2) is 0 Å². The number of hydrogen-bond donors (Lipinski definition) is 1. The van der Waals surface area contributed by atoms with Crippen LogP contribution in [0.4, 0.5) is 5.69 Å². The number of carbonyl (C=O) groups is 3. The number of aromatic nitrogens is 2. The van der Waals surface area contributed by atoms with E-state index < -0.39 is 18.5 Å². The van der Waals surface area contributed by atoms with Gasteiger partial charge in [-0.15, -0.1) is 0 Å². The van der Waals surface area contributed by atoms with E-state index in [4.69, 9.17) is 20.9 Å². The summed E-state index contributed by atoms with van der Waals surface area (Å²) < 4.78 is 10.1. The third-order valence-corrected chi connectivity index (χ3v) is 4.31. The van der Waals surface area contributed by atoms with E-state index in [1.807, 2.05) is 0 Å². The maximum atomic E-state index is 12.0. The summed E-state index contributed by atoms with van der Waals surface area (Å²) in [6.07, 6.45) is 0.147. The topological polar surface area (TPSA) is 111 Å². The highest BCUT2D eigenvalue weighted by Crippen LogP contribution is 2.19. The molecular formula is C21H18ClN3O5. The second-order valence-corrected chi connectivity index (χ2v) is 6.77. The largest absolute Gasteiger partial charge is 0.456 e. The number of ketones is 1. The summed E-state index contributed by atoms with van der Waals surface area (Å²) in [6, 6.07) is 13.5. The van der Waals surface area contributed by atoms with Gasteiger partial charge in [-0.05, 0) is 43.3 Å². The first-order chi connectivity index (χ1) is 14.4. The lowest BCUT2D eigenvalue weighted by Gasteiger charge is -2.09. The Balaban J connectivity index is 1.46. The van der Waals surface area contributed by atoms with Crippen molar-refractivity contribution in [2.45, 2.75) is 19.8 Å². The summed E-state index contributed by atoms with van der Waals surface area (Å²) in [7, 11) is 0. The average Bonchev–Trinajstić information content (AvgIpc) is 3.20. The lowest BCUT2D eigenvalue weighted by molar-refractivity contribution is -0.147. The Kier molecular flexibility index (Phi) is 6.92. The molecule has 2 aromatic carbocycles. The zero-order valence-corrected chi connectivity index (χ0v) is 16.8. The van der Waals surface area contributed by atoms with E-state index >= 15 is 0 Å². The van der Waals surface area contributed by atoms with Crippen LogP contribution >= 0.6 is 11.6 Å². The summed E-state index contributed by atoms with van der Waals surface area (Å²) >= 11 is 5.85. The number of hydrogen-bond acceptors (Lipinski definition) is 7. The highest BCUT2D eigenvalue weighted by Gasteiger charge is 2.14. The number of aryl methyl sites for hydroxylation is 1. The lowest BCUT2D eigenvalue weighted by Crippen LogP contribution is -2.22. The standard InChI is InChI=1S/C21H18ClN3O5/c1-13(26)16-4-2-3-5-17(16)23-18(27)12-29-20(28)11-10-19-24-21(25-30-19)14-6-8-15(22)9-7-14/h2-9H,10-12H2,1H3,(H,23,27). The molecule has 0 unspecified atom stereocenters. The molecule has 9 heteroatoms. The number of nitrogens with one attached hydrogen (secondary N) is 1. The zero-order chi connectivity index (χ0) is 21.5. The number of ether oxygens (including phenoxy) is 1. The van der Waals surface area contributed by atoms with E-state index in [1.54, 1.807) is 48.5 Å². The van der Waals surface area contributed by atoms with Gasteiger partial charge in [0.25, 0.3) is 5.91 Å². The van der Waals surface area contributed by atoms with Crippen molar-refractivity contribution in [3.05, 3.63) is 65.0 Å². The summed E-state index contributed by atoms with van der Waals surface area (Å²) in [5.74, 6) is -0.646. The van der Waals surface area contributed by atoms with Gasteiger partial charge in [-0.3, -0.25) is 14.4 Å². The predicted molar refractivity (Wildman–Crippen MR) is 109 cm³/mol. The van der Waals surface area contributed by atoms with Gasteiger partial charge in [0.05, 0.1) is 12.1 Å². The van der Waals surface area contributed by atoms with Crippen molar-refractivity contribution in [3.63, 3.8) is 0 Å². The second kappa shape index (κ2) is 9.80. The van der Waals surface area contributed by atoms with Gasteiger partial charge >= 0.3 is 5.97 Å². The lowest BCUT2D eigenvalue weighted by atomic mass is 10.1. The molecule has 0 aliphatic rings. The number of amides is 1. The fourth-order valence-corrected chi connectivity index (χ4v) is 2.71. The van der Waals surface area contributed by atoms with Gasteiger partial charge in [0.1, 0.15) is 0 Å². The molecule has 0 aliphatic carbocycles. The van der Waals surface area contributed by atoms with Crippen LogP contribution in [0.3, 0.4) is 0 Å². The Morgan fingerprint density at radius 1 is 1.10 bits per heavy atom. The van der Waals surface area contributed by atoms with E-state index in [0.717, 1.165) is 5.56 Å². The number of esters is 1. The molecule has 0 fully saturated rings. The molecule has 3 rings (SSSR count). The summed E-state index contributed by atoms with van der Waals surface area (Å²) in [6.45, 7) is 0.936. The minimum absolute atomic E-state index is 0.0282. The van der Waals surface area contributed by atoms with Gasteiger partial charge in [0, 0.05) is 22.6 Å². The van der Waals surface area contributed by atoms with E-state index in [2.05, 4.69) is 15.5 Å². The average molecular weight is 428 g/mol. The molecule has 0 radical (unpaired) electrons. The highest BCUT2D eigenvalue weighted by atomic mass is 35.5. The summed E-state index contributed by atoms with van der Waals surface area (Å²) in [5.41, 5.74) is 1.48. The van der Waals surface area contributed by atoms with Crippen LogP contribution in [0.2, 0.25) is 5.02 Å². The first-order valence-corrected chi connectivity index (χ1v) is 9.44. The second-order valence-electron chi connectivity index (χ2n) is 6.33. The maximum absolute atomic E-state index is 12.0. The molecule has 154 valence electrons. The number of anilines is 1. The van der Waals surface area contributed by atoms with Crippen LogP contribution in [0, 0.1) is 0 Å². The van der Waals surface area contributed by atoms with Crippen LogP contribution in [0.1, 0.15) is 29.6 Å². The third-order valence-electron chi connectivity index (χ3n) is 4.06. The molecule has 0 spiro atoms. The third kappa shape index (κ3) is 5.74. The molecule has 0 atom stereocenters. The molecule has 1 N–H and O–H groups in total. The number of para-hydroxylation sites is 1. The molecule has 0 saturated carbocycles. The van der Waals surface area contributed by atoms with Crippen LogP contribution in [-0.4, -0.2) is 34.4 Å². The Morgan fingerprint density at radius 2 is 1.83 bits per heavy atom. The molecule has 30 heavy (non-hydrogen) atoms. The quantitative estimate of drug-likeness (QED) is 0.430. The SMILES string of the molecule is CC(=O)c1ccccc1NC(=O)COC(=O)CCc1nc(-c2ccc(Cl)cc2)no1. The van der Waals surface area contributed by atoms with Crippen LogP contribution in [0.25, 0.3) is 11.4 Å². The highest BCUT2D eigenvalue weighted by molar-refractivity contribution is 6.30. The molecule has 8 nitrogen and oxygen atoms in total. The van der Waals surface area contributed by atoms with Gasteiger partial charge in [0.2, 0.25) is 11.7 Å². The maximum Gasteiger partial charge on any atom is 0.306 e. The Labute approximate surface area is 177 Å². The van der Waals surface area contributed by atoms with Crippen molar-refractivity contribution >= 4 is 34.9 Å². The molecule has 1 aromatic heterocycles. The van der Waals surface area contributed by atoms with Crippen LogP contribution in [-0.2, 0) is 20.7 Å². The Hall–Kier alpha value is -3.52. The van der Waals surface area contributed by atoms with Crippen molar-refractivity contribution in [2.24, 2.45) is 0 Å². The molecular weight excluding hydrogens is 410 g/mol. The fraction of sp³-hybridized carbons (Fsp3) is 0.190. The van der Waals surface area contributed by atoms with Crippen molar-refractivity contribution in [1.29, 1.82) is 0 Å². The zero-order valence-electron chi connectivity index (χ0n) is 16.1. The van der Waals surface area contributed by atoms with Gasteiger partial charge in [-0.2, -0.15) is 4.98 Å². The van der Waals surface area contributed by atoms with Crippen molar-refractivity contribution in [1.82, 2.24) is 10.1 Å². The van der Waals surface area contributed by atoms with Crippen LogP contribution in [0.5, 0.6) is 0 Å². The van der Waals surface area contributed by atoms with Crippen LogP contribution < -0.4 is 5.32 Å². The molecule has 0 aliphatic heterocycles. The van der Waals surface area contributed by atoms with Crippen molar-refractivity contribution in [3.8, 4) is 11.4 Å². The number of nitrogens with zero attached hydrogens (tertiary/aromatic N) is 2. The van der Waals surface area contributed by atoms with Gasteiger partial charge in [0.15, 0.2) is 12.4 Å². The number of Topliss-reactive ketones (excluding diaryl/α,β-unsaturated/α-hetero) is 1. The smallest absolute Gasteiger partial charge is 0.306 e. The normalized spacial score (nSPS) is 10.5. The predicted octanol–water partition coefficient (Wildman–Crippen LogP) is 3.71. The van der Waals surface area contributed by atoms with Crippen molar-refractivity contribution in [2.75, 3.05) is 11.9 Å². The Morgan fingerprint density at radius 3 is 2.57 bits per heavy atom. The van der Waals surface area contributed by atoms with Gasteiger partial charge < -0.3 is 14.6 Å². The molecule has 0 saturated heterocycles. The summed E-state index contributed by atoms with van der Waals surface area (Å²) in [4.78, 5) is 39.7. The van der Waals surface area contributed by atoms with E-state index in [1.165, 1.54) is 6.92 Å². The fourth-order valence-electron chi connectivity index (χ4n) is 2.59. The first-order valence-electron chi connectivity index (χ1n) is 9.06. The minimum atomic E-state index is -0.587. The molecule has 0 bridgehead atoms. The molecule has 1 amide bonds. The molecule has 1 heterocycles. The van der Waals surface area contributed by atoms with Gasteiger partial charge in [-0.1, -0.05) is 28.9 Å². The first kappa shape index (κ1) is 21.2. The number of carbonyl (C=O) groups excluding carboxylic acids is 3. The van der Waals surface area contributed by atoms with E-state index in [-0.39, 0.29) is 24.5 Å². The minimum Gasteiger partial charge on any atom is -0.456 e. The van der Waals surface area contributed by atoms with Crippen LogP contribution in [0.15, 0.2) is 53.1 Å². The number of halogens is 1. The van der Waals surface area contributed by atoms with E-state index in [9.17, 15) is 14.4 Å². The summed E-state index contributed by atoms with van der Waals surface area (Å²) in [5, 5.41) is 7.02. The number of benzene rings is 2.